The molecule has 1 aromatic rings. The highest BCUT2D eigenvalue weighted by atomic mass is 32.2. The fourth-order valence-electron chi connectivity index (χ4n) is 1.52. The SMILES string of the molecule is COc1ccc(/C=C2/SC(N)=NC2=O)cc1OC. The van der Waals surface area contributed by atoms with E-state index >= 15 is 0 Å². The van der Waals surface area contributed by atoms with E-state index < -0.39 is 0 Å². The quantitative estimate of drug-likeness (QED) is 0.840. The van der Waals surface area contributed by atoms with Crippen LogP contribution in [0.4, 0.5) is 0 Å². The van der Waals surface area contributed by atoms with E-state index in [2.05, 4.69) is 4.99 Å². The molecule has 0 atom stereocenters. The van der Waals surface area contributed by atoms with Crippen molar-refractivity contribution in [3.05, 3.63) is 28.7 Å². The Labute approximate surface area is 109 Å². The number of carbonyl (C=O) groups excluding carboxylic acids is 1. The van der Waals surface area contributed by atoms with Crippen molar-refractivity contribution in [3.8, 4) is 11.5 Å². The van der Waals surface area contributed by atoms with Crippen LogP contribution in [0.3, 0.4) is 0 Å². The smallest absolute Gasteiger partial charge is 0.286 e. The third-order valence-corrected chi connectivity index (χ3v) is 3.16. The Bertz CT molecular complexity index is 552. The molecule has 0 saturated heterocycles. The molecule has 0 saturated carbocycles. The highest BCUT2D eigenvalue weighted by molar-refractivity contribution is 8.18. The predicted molar refractivity (Wildman–Crippen MR) is 71.7 cm³/mol. The molecule has 1 amide bonds. The molecule has 0 fully saturated rings. The molecule has 2 N–H and O–H groups in total. The summed E-state index contributed by atoms with van der Waals surface area (Å²) in [5.41, 5.74) is 6.30. The van der Waals surface area contributed by atoms with Gasteiger partial charge < -0.3 is 15.2 Å². The Morgan fingerprint density at radius 1 is 1.28 bits per heavy atom. The number of hydrogen-bond donors (Lipinski definition) is 1. The molecule has 0 aromatic heterocycles. The highest BCUT2D eigenvalue weighted by Crippen LogP contribution is 2.31. The molecule has 2 rings (SSSR count). The van der Waals surface area contributed by atoms with Gasteiger partial charge in [-0.3, -0.25) is 4.79 Å². The molecule has 0 radical (unpaired) electrons. The molecule has 18 heavy (non-hydrogen) atoms. The van der Waals surface area contributed by atoms with Gasteiger partial charge in [0.15, 0.2) is 16.7 Å². The fraction of sp³-hybridized carbons (Fsp3) is 0.167. The third-order valence-electron chi connectivity index (χ3n) is 2.34. The zero-order valence-corrected chi connectivity index (χ0v) is 10.8. The molecule has 0 unspecified atom stereocenters. The minimum atomic E-state index is -0.313. The number of amides is 1. The van der Waals surface area contributed by atoms with Gasteiger partial charge in [-0.15, -0.1) is 0 Å². The first kappa shape index (κ1) is 12.5. The first-order chi connectivity index (χ1) is 8.63. The summed E-state index contributed by atoms with van der Waals surface area (Å²) in [5, 5.41) is 0.270. The van der Waals surface area contributed by atoms with E-state index in [1.54, 1.807) is 32.4 Å². The maximum atomic E-state index is 11.5. The van der Waals surface area contributed by atoms with Gasteiger partial charge in [0, 0.05) is 0 Å². The first-order valence-corrected chi connectivity index (χ1v) is 5.95. The van der Waals surface area contributed by atoms with Crippen LogP contribution in [0.15, 0.2) is 28.1 Å². The average Bonchev–Trinajstić information content (AvgIpc) is 2.67. The molecule has 0 aliphatic carbocycles. The minimum Gasteiger partial charge on any atom is -0.493 e. The van der Waals surface area contributed by atoms with E-state index in [0.717, 1.165) is 17.3 Å². The van der Waals surface area contributed by atoms with Gasteiger partial charge in [-0.1, -0.05) is 6.07 Å². The summed E-state index contributed by atoms with van der Waals surface area (Å²) in [6.07, 6.45) is 1.72. The largest absolute Gasteiger partial charge is 0.493 e. The summed E-state index contributed by atoms with van der Waals surface area (Å²) in [5.74, 6) is 0.935. The molecule has 0 spiro atoms. The number of nitrogens with two attached hydrogens (primary N) is 1. The molecular formula is C12H12N2O3S. The zero-order valence-electron chi connectivity index (χ0n) is 9.97. The number of amidine groups is 1. The lowest BCUT2D eigenvalue weighted by molar-refractivity contribution is -0.113. The van der Waals surface area contributed by atoms with Crippen LogP contribution < -0.4 is 15.2 Å². The van der Waals surface area contributed by atoms with Crippen molar-refractivity contribution in [2.75, 3.05) is 14.2 Å². The van der Waals surface area contributed by atoms with Crippen molar-refractivity contribution < 1.29 is 14.3 Å². The van der Waals surface area contributed by atoms with E-state index in [0.29, 0.717) is 16.4 Å². The van der Waals surface area contributed by atoms with Crippen molar-refractivity contribution >= 4 is 28.9 Å². The normalized spacial score (nSPS) is 16.9. The number of aliphatic imine (C=N–C) groups is 1. The predicted octanol–water partition coefficient (Wildman–Crippen LogP) is 1.63. The van der Waals surface area contributed by atoms with Crippen molar-refractivity contribution in [2.24, 2.45) is 10.7 Å². The van der Waals surface area contributed by atoms with Gasteiger partial charge in [0.2, 0.25) is 0 Å². The molecule has 6 heteroatoms. The first-order valence-electron chi connectivity index (χ1n) is 5.14. The lowest BCUT2D eigenvalue weighted by Gasteiger charge is -2.07. The summed E-state index contributed by atoms with van der Waals surface area (Å²) in [6, 6.07) is 5.39. The number of hydrogen-bond acceptors (Lipinski definition) is 5. The van der Waals surface area contributed by atoms with Gasteiger partial charge in [0.25, 0.3) is 5.91 Å². The second kappa shape index (κ2) is 5.14. The van der Waals surface area contributed by atoms with Crippen LogP contribution in [0.2, 0.25) is 0 Å². The van der Waals surface area contributed by atoms with Crippen molar-refractivity contribution in [1.29, 1.82) is 0 Å². The molecule has 1 aromatic carbocycles. The van der Waals surface area contributed by atoms with Crippen molar-refractivity contribution in [2.45, 2.75) is 0 Å². The van der Waals surface area contributed by atoms with E-state index in [9.17, 15) is 4.79 Å². The molecule has 1 aliphatic rings. The number of benzene rings is 1. The van der Waals surface area contributed by atoms with Gasteiger partial charge >= 0.3 is 0 Å². The Morgan fingerprint density at radius 3 is 2.56 bits per heavy atom. The summed E-state index contributed by atoms with van der Waals surface area (Å²) in [4.78, 5) is 15.6. The van der Waals surface area contributed by atoms with Crippen LogP contribution in [0.1, 0.15) is 5.56 Å². The number of ether oxygens (including phenoxy) is 2. The Hall–Kier alpha value is -1.95. The monoisotopic (exact) mass is 264 g/mol. The number of thioether (sulfide) groups is 1. The van der Waals surface area contributed by atoms with Crippen LogP contribution in [0.25, 0.3) is 6.08 Å². The maximum Gasteiger partial charge on any atom is 0.286 e. The van der Waals surface area contributed by atoms with Gasteiger partial charge in [-0.25, -0.2) is 0 Å². The number of rotatable bonds is 3. The minimum absolute atomic E-state index is 0.270. The van der Waals surface area contributed by atoms with Gasteiger partial charge in [0.1, 0.15) is 0 Å². The van der Waals surface area contributed by atoms with Crippen molar-refractivity contribution in [1.82, 2.24) is 0 Å². The lowest BCUT2D eigenvalue weighted by atomic mass is 10.2. The average molecular weight is 264 g/mol. The molecule has 1 heterocycles. The standard InChI is InChI=1S/C12H12N2O3S/c1-16-8-4-3-7(5-9(8)17-2)6-10-11(15)14-12(13)18-10/h3-6H,1-2H3,(H2,13,14,15)/b10-6+. The summed E-state index contributed by atoms with van der Waals surface area (Å²) in [6.45, 7) is 0. The van der Waals surface area contributed by atoms with Crippen LogP contribution in [0, 0.1) is 0 Å². The summed E-state index contributed by atoms with van der Waals surface area (Å²) < 4.78 is 10.3. The van der Waals surface area contributed by atoms with Crippen LogP contribution in [-0.2, 0) is 4.79 Å². The van der Waals surface area contributed by atoms with Gasteiger partial charge in [-0.2, -0.15) is 4.99 Å². The van der Waals surface area contributed by atoms with Gasteiger partial charge in [-0.05, 0) is 35.5 Å². The van der Waals surface area contributed by atoms with E-state index in [-0.39, 0.29) is 11.1 Å². The van der Waals surface area contributed by atoms with E-state index in [1.165, 1.54) is 0 Å². The molecule has 5 nitrogen and oxygen atoms in total. The molecule has 1 aliphatic heterocycles. The Morgan fingerprint density at radius 2 is 2.00 bits per heavy atom. The van der Waals surface area contributed by atoms with Crippen molar-refractivity contribution in [3.63, 3.8) is 0 Å². The second-order valence-electron chi connectivity index (χ2n) is 3.48. The van der Waals surface area contributed by atoms with E-state index in [4.69, 9.17) is 15.2 Å². The number of nitrogens with zero attached hydrogens (tertiary/aromatic N) is 1. The maximum absolute atomic E-state index is 11.5. The molecule has 0 bridgehead atoms. The Kier molecular flexibility index (Phi) is 3.57. The van der Waals surface area contributed by atoms with Crippen LogP contribution >= 0.6 is 11.8 Å². The fourth-order valence-corrected chi connectivity index (χ4v) is 2.20. The summed E-state index contributed by atoms with van der Waals surface area (Å²) in [7, 11) is 3.13. The molecular weight excluding hydrogens is 252 g/mol. The topological polar surface area (TPSA) is 73.9 Å². The van der Waals surface area contributed by atoms with Crippen LogP contribution in [0.5, 0.6) is 11.5 Å². The van der Waals surface area contributed by atoms with Crippen LogP contribution in [-0.4, -0.2) is 25.3 Å². The number of carbonyl (C=O) groups is 1. The summed E-state index contributed by atoms with van der Waals surface area (Å²) >= 11 is 1.16. The zero-order chi connectivity index (χ0) is 13.1. The second-order valence-corrected chi connectivity index (χ2v) is 4.54. The lowest BCUT2D eigenvalue weighted by Crippen LogP contribution is -2.01. The third kappa shape index (κ3) is 2.48. The number of methoxy groups -OCH3 is 2. The van der Waals surface area contributed by atoms with Gasteiger partial charge in [0.05, 0.1) is 19.1 Å². The highest BCUT2D eigenvalue weighted by Gasteiger charge is 2.19. The Balaban J connectivity index is 2.31. The molecule has 94 valence electrons. The van der Waals surface area contributed by atoms with E-state index in [1.807, 2.05) is 6.07 Å².